The summed E-state index contributed by atoms with van der Waals surface area (Å²) in [6.45, 7) is 0.0808. The second-order valence-corrected chi connectivity index (χ2v) is 6.63. The fraction of sp³-hybridized carbons (Fsp3) is 0.286. The third-order valence-electron chi connectivity index (χ3n) is 4.58. The number of aliphatic hydroxyl groups is 1. The highest BCUT2D eigenvalue weighted by Crippen LogP contribution is 2.34. The van der Waals surface area contributed by atoms with E-state index < -0.39 is 29.9 Å². The van der Waals surface area contributed by atoms with E-state index >= 15 is 0 Å². The molecule has 2 N–H and O–H groups in total. The van der Waals surface area contributed by atoms with Crippen LogP contribution in [-0.2, 0) is 33.7 Å². The molecule has 0 unspecified atom stereocenters. The first-order valence-electron chi connectivity index (χ1n) is 8.85. The lowest BCUT2D eigenvalue weighted by molar-refractivity contribution is -0.159. The van der Waals surface area contributed by atoms with Crippen LogP contribution in [0.15, 0.2) is 60.4 Å². The van der Waals surface area contributed by atoms with Crippen LogP contribution in [0.1, 0.15) is 34.6 Å². The van der Waals surface area contributed by atoms with E-state index in [1.165, 1.54) is 18.2 Å². The van der Waals surface area contributed by atoms with Crippen LogP contribution in [-0.4, -0.2) is 22.5 Å². The van der Waals surface area contributed by atoms with Crippen molar-refractivity contribution in [2.75, 3.05) is 0 Å². The zero-order valence-corrected chi connectivity index (χ0v) is 15.2. The molecule has 1 heterocycles. The zero-order chi connectivity index (χ0) is 21.0. The predicted octanol–water partition coefficient (Wildman–Crippen LogP) is 4.21. The molecule has 0 saturated carbocycles. The van der Waals surface area contributed by atoms with E-state index in [0.717, 1.165) is 23.3 Å². The van der Waals surface area contributed by atoms with E-state index in [1.807, 2.05) is 0 Å². The Hall–Kier alpha value is -2.84. The van der Waals surface area contributed by atoms with Gasteiger partial charge in [0.1, 0.15) is 0 Å². The topological polar surface area (TPSA) is 76.0 Å². The lowest BCUT2D eigenvalue weighted by Crippen LogP contribution is -2.26. The first-order valence-corrected chi connectivity index (χ1v) is 8.85. The number of halogens is 3. The monoisotopic (exact) mass is 408 g/mol. The lowest BCUT2D eigenvalue weighted by Gasteiger charge is -2.28. The van der Waals surface area contributed by atoms with Gasteiger partial charge in [-0.2, -0.15) is 13.2 Å². The first-order chi connectivity index (χ1) is 13.8. The molecule has 0 radical (unpaired) electrons. The van der Waals surface area contributed by atoms with Crippen LogP contribution in [0.2, 0.25) is 0 Å². The van der Waals surface area contributed by atoms with Crippen LogP contribution in [0, 0.1) is 0 Å². The minimum Gasteiger partial charge on any atom is -0.475 e. The molecule has 0 spiro atoms. The lowest BCUT2D eigenvalue weighted by atomic mass is 9.92. The number of aliphatic carboxylic acids is 1. The quantitative estimate of drug-likeness (QED) is 0.749. The maximum Gasteiger partial charge on any atom is 0.416 e. The van der Waals surface area contributed by atoms with Crippen molar-refractivity contribution in [1.82, 2.24) is 0 Å². The molecule has 0 saturated heterocycles. The number of benzene rings is 2. The maximum absolute atomic E-state index is 12.8. The SMILES string of the molecule is O=C(O)C1=C[C@@H](c2ccc(C(F)(F)F)cc2)C[C@@H](OCc2ccc(CO)cc2)O1. The third-order valence-corrected chi connectivity index (χ3v) is 4.58. The average Bonchev–Trinajstić information content (AvgIpc) is 2.72. The molecule has 0 amide bonds. The number of alkyl halides is 3. The Bertz CT molecular complexity index is 873. The fourth-order valence-electron chi connectivity index (χ4n) is 2.99. The molecule has 0 fully saturated rings. The predicted molar refractivity (Wildman–Crippen MR) is 96.5 cm³/mol. The van der Waals surface area contributed by atoms with E-state index in [0.29, 0.717) is 5.56 Å². The van der Waals surface area contributed by atoms with Gasteiger partial charge in [0, 0.05) is 12.3 Å². The summed E-state index contributed by atoms with van der Waals surface area (Å²) in [5.74, 6) is -2.04. The van der Waals surface area contributed by atoms with Crippen molar-refractivity contribution in [3.63, 3.8) is 0 Å². The number of carboxylic acids is 1. The van der Waals surface area contributed by atoms with Crippen molar-refractivity contribution >= 4 is 5.97 Å². The summed E-state index contributed by atoms with van der Waals surface area (Å²) < 4.78 is 49.3. The van der Waals surface area contributed by atoms with Crippen LogP contribution in [0.3, 0.4) is 0 Å². The molecule has 2 atom stereocenters. The van der Waals surface area contributed by atoms with Gasteiger partial charge in [0.25, 0.3) is 0 Å². The van der Waals surface area contributed by atoms with E-state index in [4.69, 9.17) is 14.6 Å². The Kier molecular flexibility index (Phi) is 6.24. The number of carboxylic acid groups (broad SMARTS) is 1. The molecule has 3 rings (SSSR count). The minimum absolute atomic E-state index is 0.0750. The molecule has 0 aromatic heterocycles. The number of rotatable bonds is 6. The highest BCUT2D eigenvalue weighted by molar-refractivity contribution is 5.84. The van der Waals surface area contributed by atoms with E-state index in [2.05, 4.69) is 0 Å². The van der Waals surface area contributed by atoms with Gasteiger partial charge in [-0.1, -0.05) is 36.4 Å². The molecule has 29 heavy (non-hydrogen) atoms. The molecule has 0 bridgehead atoms. The van der Waals surface area contributed by atoms with Crippen molar-refractivity contribution in [2.45, 2.75) is 38.0 Å². The number of hydrogen-bond acceptors (Lipinski definition) is 4. The Morgan fingerprint density at radius 1 is 1.07 bits per heavy atom. The Labute approximate surface area is 165 Å². The second kappa shape index (κ2) is 8.67. The Balaban J connectivity index is 1.72. The van der Waals surface area contributed by atoms with Crippen molar-refractivity contribution in [1.29, 1.82) is 0 Å². The summed E-state index contributed by atoms with van der Waals surface area (Å²) in [6, 6.07) is 11.6. The smallest absolute Gasteiger partial charge is 0.416 e. The average molecular weight is 408 g/mol. The molecule has 154 valence electrons. The summed E-state index contributed by atoms with van der Waals surface area (Å²) in [5, 5.41) is 18.4. The van der Waals surface area contributed by atoms with Gasteiger partial charge in [0.05, 0.1) is 18.8 Å². The molecule has 1 aliphatic rings. The molecular weight excluding hydrogens is 389 g/mol. The standard InChI is InChI=1S/C21H19F3O5/c22-21(23,24)17-7-5-15(6-8-17)16-9-18(20(26)27)29-19(10-16)28-12-14-3-1-13(11-25)2-4-14/h1-9,16,19,25H,10-12H2,(H,26,27)/t16-,19+/m1/s1. The maximum atomic E-state index is 12.8. The number of ether oxygens (including phenoxy) is 2. The third kappa shape index (κ3) is 5.36. The minimum atomic E-state index is -4.44. The van der Waals surface area contributed by atoms with Crippen LogP contribution in [0.25, 0.3) is 0 Å². The summed E-state index contributed by atoms with van der Waals surface area (Å²) in [4.78, 5) is 11.4. The molecule has 0 aliphatic carbocycles. The van der Waals surface area contributed by atoms with Crippen LogP contribution in [0.5, 0.6) is 0 Å². The number of carbonyl (C=O) groups is 1. The Morgan fingerprint density at radius 2 is 1.69 bits per heavy atom. The summed E-state index contributed by atoms with van der Waals surface area (Å²) in [5.41, 5.74) is 1.33. The van der Waals surface area contributed by atoms with Gasteiger partial charge in [-0.05, 0) is 34.9 Å². The first kappa shape index (κ1) is 20.9. The molecular formula is C21H19F3O5. The number of aliphatic hydroxyl groups excluding tert-OH is 1. The van der Waals surface area contributed by atoms with Crippen LogP contribution >= 0.6 is 0 Å². The van der Waals surface area contributed by atoms with Crippen LogP contribution in [0.4, 0.5) is 13.2 Å². The fourth-order valence-corrected chi connectivity index (χ4v) is 2.99. The normalized spacial score (nSPS) is 19.4. The highest BCUT2D eigenvalue weighted by Gasteiger charge is 2.32. The van der Waals surface area contributed by atoms with Crippen molar-refractivity contribution in [2.24, 2.45) is 0 Å². The molecule has 5 nitrogen and oxygen atoms in total. The van der Waals surface area contributed by atoms with Crippen molar-refractivity contribution in [3.05, 3.63) is 82.6 Å². The van der Waals surface area contributed by atoms with E-state index in [-0.39, 0.29) is 25.4 Å². The second-order valence-electron chi connectivity index (χ2n) is 6.63. The van der Waals surface area contributed by atoms with Gasteiger partial charge in [0.15, 0.2) is 0 Å². The van der Waals surface area contributed by atoms with E-state index in [9.17, 15) is 23.1 Å². The summed E-state index contributed by atoms with van der Waals surface area (Å²) in [7, 11) is 0. The van der Waals surface area contributed by atoms with Crippen molar-refractivity contribution < 1.29 is 37.7 Å². The van der Waals surface area contributed by atoms with Crippen LogP contribution < -0.4 is 0 Å². The van der Waals surface area contributed by atoms with Gasteiger partial charge < -0.3 is 19.7 Å². The van der Waals surface area contributed by atoms with E-state index in [1.54, 1.807) is 24.3 Å². The number of allylic oxidation sites excluding steroid dienone is 1. The molecule has 1 aliphatic heterocycles. The Morgan fingerprint density at radius 3 is 2.24 bits per heavy atom. The van der Waals surface area contributed by atoms with Gasteiger partial charge in [0.2, 0.25) is 12.0 Å². The van der Waals surface area contributed by atoms with Gasteiger partial charge in [-0.3, -0.25) is 0 Å². The summed E-state index contributed by atoms with van der Waals surface area (Å²) in [6.07, 6.45) is -3.67. The molecule has 8 heteroatoms. The molecule has 2 aromatic carbocycles. The number of hydrogen-bond donors (Lipinski definition) is 2. The largest absolute Gasteiger partial charge is 0.475 e. The zero-order valence-electron chi connectivity index (χ0n) is 15.2. The summed E-state index contributed by atoms with van der Waals surface area (Å²) >= 11 is 0. The van der Waals surface area contributed by atoms with Crippen molar-refractivity contribution in [3.8, 4) is 0 Å². The van der Waals surface area contributed by atoms with Gasteiger partial charge in [-0.25, -0.2) is 4.79 Å². The van der Waals surface area contributed by atoms with Gasteiger partial charge >= 0.3 is 12.1 Å². The van der Waals surface area contributed by atoms with Gasteiger partial charge in [-0.15, -0.1) is 0 Å². The highest BCUT2D eigenvalue weighted by atomic mass is 19.4. The molecule has 2 aromatic rings.